The Labute approximate surface area is 175 Å². The Morgan fingerprint density at radius 2 is 1.90 bits per heavy atom. The maximum absolute atomic E-state index is 13.9. The standard InChI is InChI=1S/C22H28FN5O2/c23-16-14-25-28-18(8-11-24-20(16)28)26-12-9-22(10-13-26)21(29)27-17(6-7-19(27)30-22)15-4-2-1-3-5-15/h8,11,14-15,17,19H,1-7,9-10,12-13H2/t17?,19-/m1/s1. The van der Waals surface area contributed by atoms with Crippen molar-refractivity contribution < 1.29 is 13.9 Å². The van der Waals surface area contributed by atoms with Gasteiger partial charge in [0.1, 0.15) is 12.0 Å². The highest BCUT2D eigenvalue weighted by Gasteiger charge is 2.58. The molecule has 0 N–H and O–H groups in total. The number of fused-ring (bicyclic) bond motifs is 2. The first kappa shape index (κ1) is 18.5. The van der Waals surface area contributed by atoms with E-state index < -0.39 is 11.4 Å². The van der Waals surface area contributed by atoms with Crippen LogP contribution in [0.25, 0.3) is 5.65 Å². The topological polar surface area (TPSA) is 63.0 Å². The zero-order valence-electron chi connectivity index (χ0n) is 17.2. The molecule has 2 atom stereocenters. The van der Waals surface area contributed by atoms with E-state index in [1.165, 1.54) is 38.3 Å². The highest BCUT2D eigenvalue weighted by molar-refractivity contribution is 5.88. The van der Waals surface area contributed by atoms with Crippen molar-refractivity contribution in [2.75, 3.05) is 18.0 Å². The van der Waals surface area contributed by atoms with Crippen LogP contribution in [0.3, 0.4) is 0 Å². The number of aromatic nitrogens is 3. The smallest absolute Gasteiger partial charge is 0.257 e. The van der Waals surface area contributed by atoms with Crippen LogP contribution < -0.4 is 4.90 Å². The van der Waals surface area contributed by atoms with Gasteiger partial charge in [-0.2, -0.15) is 9.61 Å². The fourth-order valence-corrected chi connectivity index (χ4v) is 6.25. The molecule has 160 valence electrons. The van der Waals surface area contributed by atoms with E-state index in [-0.39, 0.29) is 17.8 Å². The van der Waals surface area contributed by atoms with Gasteiger partial charge in [-0.25, -0.2) is 9.37 Å². The predicted molar refractivity (Wildman–Crippen MR) is 108 cm³/mol. The van der Waals surface area contributed by atoms with Gasteiger partial charge in [-0.05, 0) is 37.7 Å². The predicted octanol–water partition coefficient (Wildman–Crippen LogP) is 3.14. The van der Waals surface area contributed by atoms with Gasteiger partial charge in [-0.3, -0.25) is 4.79 Å². The van der Waals surface area contributed by atoms with Gasteiger partial charge in [0, 0.05) is 38.2 Å². The normalized spacial score (nSPS) is 29.3. The van der Waals surface area contributed by atoms with Crippen molar-refractivity contribution in [1.29, 1.82) is 0 Å². The lowest BCUT2D eigenvalue weighted by Gasteiger charge is -2.39. The summed E-state index contributed by atoms with van der Waals surface area (Å²) in [5.74, 6) is 1.25. The van der Waals surface area contributed by atoms with E-state index in [0.29, 0.717) is 37.9 Å². The SMILES string of the molecule is O=C1N2C(C3CCCCC3)CC[C@H]2OC12CCN(c1ccnc3c(F)cnn13)CC2. The van der Waals surface area contributed by atoms with Gasteiger partial charge in [0.25, 0.3) is 5.91 Å². The molecule has 0 radical (unpaired) electrons. The van der Waals surface area contributed by atoms with Gasteiger partial charge in [0.2, 0.25) is 0 Å². The summed E-state index contributed by atoms with van der Waals surface area (Å²) in [4.78, 5) is 21.9. The number of anilines is 1. The molecule has 2 aromatic heterocycles. The van der Waals surface area contributed by atoms with E-state index in [1.54, 1.807) is 10.7 Å². The van der Waals surface area contributed by atoms with Crippen LogP contribution in [0.15, 0.2) is 18.5 Å². The maximum Gasteiger partial charge on any atom is 0.257 e. The summed E-state index contributed by atoms with van der Waals surface area (Å²) in [5.41, 5.74) is -0.451. The number of piperidine rings is 1. The molecule has 1 amide bonds. The molecule has 2 aromatic rings. The molecule has 1 aliphatic carbocycles. The van der Waals surface area contributed by atoms with Gasteiger partial charge in [0.15, 0.2) is 17.1 Å². The van der Waals surface area contributed by atoms with Crippen molar-refractivity contribution >= 4 is 17.4 Å². The van der Waals surface area contributed by atoms with Crippen LogP contribution in [0.2, 0.25) is 0 Å². The lowest BCUT2D eigenvalue weighted by Crippen LogP contribution is -2.52. The van der Waals surface area contributed by atoms with Crippen LogP contribution in [-0.2, 0) is 9.53 Å². The van der Waals surface area contributed by atoms with E-state index in [1.807, 2.05) is 6.07 Å². The Morgan fingerprint density at radius 1 is 1.10 bits per heavy atom. The first-order valence-corrected chi connectivity index (χ1v) is 11.4. The molecule has 0 aromatic carbocycles. The van der Waals surface area contributed by atoms with Crippen molar-refractivity contribution in [3.05, 3.63) is 24.3 Å². The summed E-state index contributed by atoms with van der Waals surface area (Å²) >= 11 is 0. The van der Waals surface area contributed by atoms with E-state index >= 15 is 0 Å². The number of rotatable bonds is 2. The highest BCUT2D eigenvalue weighted by atomic mass is 19.1. The Kier molecular flexibility index (Phi) is 4.27. The number of carbonyl (C=O) groups excluding carboxylic acids is 1. The highest BCUT2D eigenvalue weighted by Crippen LogP contribution is 2.46. The third kappa shape index (κ3) is 2.69. The van der Waals surface area contributed by atoms with Crippen molar-refractivity contribution in [1.82, 2.24) is 19.5 Å². The minimum Gasteiger partial charge on any atom is -0.356 e. The van der Waals surface area contributed by atoms with Crippen LogP contribution in [0.1, 0.15) is 57.8 Å². The first-order chi connectivity index (χ1) is 14.7. The first-order valence-electron chi connectivity index (χ1n) is 11.4. The second-order valence-corrected chi connectivity index (χ2v) is 9.34. The van der Waals surface area contributed by atoms with Crippen LogP contribution in [0.5, 0.6) is 0 Å². The Morgan fingerprint density at radius 3 is 2.70 bits per heavy atom. The van der Waals surface area contributed by atoms with E-state index in [0.717, 1.165) is 18.7 Å². The summed E-state index contributed by atoms with van der Waals surface area (Å²) in [5, 5.41) is 4.14. The Bertz CT molecular complexity index is 964. The molecule has 1 spiro atoms. The van der Waals surface area contributed by atoms with Crippen LogP contribution >= 0.6 is 0 Å². The number of carbonyl (C=O) groups is 1. The van der Waals surface area contributed by atoms with Gasteiger partial charge < -0.3 is 14.5 Å². The maximum atomic E-state index is 13.9. The van der Waals surface area contributed by atoms with Crippen LogP contribution in [0.4, 0.5) is 10.2 Å². The summed E-state index contributed by atoms with van der Waals surface area (Å²) < 4.78 is 21.9. The summed E-state index contributed by atoms with van der Waals surface area (Å²) in [6.07, 6.45) is 12.6. The zero-order valence-corrected chi connectivity index (χ0v) is 17.2. The van der Waals surface area contributed by atoms with Crippen molar-refractivity contribution in [2.24, 2.45) is 5.92 Å². The Hall–Kier alpha value is -2.22. The number of hydrogen-bond acceptors (Lipinski definition) is 5. The van der Waals surface area contributed by atoms with Gasteiger partial charge in [-0.15, -0.1) is 0 Å². The van der Waals surface area contributed by atoms with Crippen LogP contribution in [0, 0.1) is 11.7 Å². The largest absolute Gasteiger partial charge is 0.356 e. The molecule has 4 aliphatic rings. The van der Waals surface area contributed by atoms with Crippen LogP contribution in [-0.4, -0.2) is 56.4 Å². The quantitative estimate of drug-likeness (QED) is 0.757. The summed E-state index contributed by atoms with van der Waals surface area (Å²) in [6, 6.07) is 2.22. The molecule has 5 heterocycles. The fourth-order valence-electron chi connectivity index (χ4n) is 6.25. The zero-order chi connectivity index (χ0) is 20.3. The lowest BCUT2D eigenvalue weighted by molar-refractivity contribution is -0.141. The molecule has 8 heteroatoms. The number of halogens is 1. The molecule has 30 heavy (non-hydrogen) atoms. The molecule has 0 bridgehead atoms. The number of amides is 1. The van der Waals surface area contributed by atoms with E-state index in [4.69, 9.17) is 4.74 Å². The minimum atomic E-state index is -0.685. The Balaban J connectivity index is 1.20. The van der Waals surface area contributed by atoms with Crippen molar-refractivity contribution in [2.45, 2.75) is 75.7 Å². The third-order valence-corrected chi connectivity index (χ3v) is 7.79. The molecule has 3 aliphatic heterocycles. The fraction of sp³-hybridized carbons (Fsp3) is 0.682. The molecular formula is C22H28FN5O2. The summed E-state index contributed by atoms with van der Waals surface area (Å²) in [7, 11) is 0. The monoisotopic (exact) mass is 413 g/mol. The lowest BCUT2D eigenvalue weighted by atomic mass is 9.82. The van der Waals surface area contributed by atoms with Gasteiger partial charge >= 0.3 is 0 Å². The van der Waals surface area contributed by atoms with Gasteiger partial charge in [-0.1, -0.05) is 19.3 Å². The average molecular weight is 413 g/mol. The molecule has 4 fully saturated rings. The van der Waals surface area contributed by atoms with Gasteiger partial charge in [0.05, 0.1) is 6.20 Å². The number of ether oxygens (including phenoxy) is 1. The second-order valence-electron chi connectivity index (χ2n) is 9.34. The van der Waals surface area contributed by atoms with E-state index in [2.05, 4.69) is 19.9 Å². The van der Waals surface area contributed by atoms with Crippen molar-refractivity contribution in [3.63, 3.8) is 0 Å². The summed E-state index contributed by atoms with van der Waals surface area (Å²) in [6.45, 7) is 1.36. The van der Waals surface area contributed by atoms with Crippen molar-refractivity contribution in [3.8, 4) is 0 Å². The third-order valence-electron chi connectivity index (χ3n) is 7.79. The molecule has 1 saturated carbocycles. The number of hydrogen-bond donors (Lipinski definition) is 0. The molecule has 1 unspecified atom stereocenters. The minimum absolute atomic E-state index is 0.0381. The molecule has 6 rings (SSSR count). The number of nitrogens with zero attached hydrogens (tertiary/aromatic N) is 5. The van der Waals surface area contributed by atoms with E-state index in [9.17, 15) is 9.18 Å². The molecule has 7 nitrogen and oxygen atoms in total. The second kappa shape index (κ2) is 6.90. The average Bonchev–Trinajstić information content (AvgIpc) is 3.44. The molecular weight excluding hydrogens is 385 g/mol. The molecule has 3 saturated heterocycles.